The molecular weight excluding hydrogens is 248 g/mol. The van der Waals surface area contributed by atoms with E-state index >= 15 is 0 Å². The number of carbonyl (C=O) groups excluding carboxylic acids is 2. The fourth-order valence-electron chi connectivity index (χ4n) is 1.42. The number of nitrogens with zero attached hydrogens (tertiary/aromatic N) is 1. The predicted octanol–water partition coefficient (Wildman–Crippen LogP) is 0.407. The van der Waals surface area contributed by atoms with Gasteiger partial charge in [0.2, 0.25) is 5.91 Å². The number of nitrogens with one attached hydrogen (secondary N) is 1. The van der Waals surface area contributed by atoms with E-state index in [9.17, 15) is 14.4 Å². The van der Waals surface area contributed by atoms with E-state index in [0.29, 0.717) is 12.5 Å². The molecule has 1 heterocycles. The molecule has 1 N–H and O–H groups in total. The van der Waals surface area contributed by atoms with Crippen LogP contribution in [0.15, 0.2) is 23.1 Å². The molecule has 0 aromatic carbocycles. The quantitative estimate of drug-likeness (QED) is 0.783. The molecule has 0 unspecified atom stereocenters. The summed E-state index contributed by atoms with van der Waals surface area (Å²) in [7, 11) is 1.26. The first-order valence-electron chi connectivity index (χ1n) is 5.99. The second kappa shape index (κ2) is 6.72. The standard InChI is InChI=1S/C13H18N2O4/c1-9(2)6-14-11(16)8-15-7-10(13(18)19-3)4-5-12(15)17/h4-5,7,9H,6,8H2,1-3H3,(H,14,16). The minimum atomic E-state index is -0.545. The summed E-state index contributed by atoms with van der Waals surface area (Å²) in [4.78, 5) is 34.6. The van der Waals surface area contributed by atoms with Crippen LogP contribution < -0.4 is 10.9 Å². The van der Waals surface area contributed by atoms with E-state index in [1.165, 1.54) is 30.0 Å². The van der Waals surface area contributed by atoms with Gasteiger partial charge in [0.05, 0.1) is 12.7 Å². The summed E-state index contributed by atoms with van der Waals surface area (Å²) in [6, 6.07) is 2.61. The maximum Gasteiger partial charge on any atom is 0.339 e. The number of pyridine rings is 1. The van der Waals surface area contributed by atoms with Gasteiger partial charge in [-0.15, -0.1) is 0 Å². The molecule has 0 fully saturated rings. The van der Waals surface area contributed by atoms with Gasteiger partial charge < -0.3 is 14.6 Å². The van der Waals surface area contributed by atoms with Crippen LogP contribution >= 0.6 is 0 Å². The highest BCUT2D eigenvalue weighted by molar-refractivity contribution is 5.88. The second-order valence-corrected chi connectivity index (χ2v) is 4.57. The zero-order valence-corrected chi connectivity index (χ0v) is 11.3. The average Bonchev–Trinajstić information content (AvgIpc) is 2.38. The van der Waals surface area contributed by atoms with Gasteiger partial charge in [-0.25, -0.2) is 4.79 Å². The minimum Gasteiger partial charge on any atom is -0.465 e. The molecule has 1 rings (SSSR count). The minimum absolute atomic E-state index is 0.115. The highest BCUT2D eigenvalue weighted by Crippen LogP contribution is 1.98. The smallest absolute Gasteiger partial charge is 0.339 e. The Hall–Kier alpha value is -2.11. The maximum atomic E-state index is 11.6. The first-order chi connectivity index (χ1) is 8.93. The van der Waals surface area contributed by atoms with E-state index in [4.69, 9.17) is 0 Å². The van der Waals surface area contributed by atoms with Crippen molar-refractivity contribution >= 4 is 11.9 Å². The van der Waals surface area contributed by atoms with E-state index < -0.39 is 5.97 Å². The lowest BCUT2D eigenvalue weighted by atomic mass is 10.2. The third kappa shape index (κ3) is 4.57. The molecule has 0 bridgehead atoms. The Kier molecular flexibility index (Phi) is 5.29. The molecule has 0 atom stereocenters. The molecule has 0 spiro atoms. The zero-order chi connectivity index (χ0) is 14.4. The summed E-state index contributed by atoms with van der Waals surface area (Å²) in [5.74, 6) is -0.476. The highest BCUT2D eigenvalue weighted by Gasteiger charge is 2.10. The fourth-order valence-corrected chi connectivity index (χ4v) is 1.42. The van der Waals surface area contributed by atoms with Gasteiger partial charge in [0.25, 0.3) is 5.56 Å². The number of aromatic nitrogens is 1. The summed E-state index contributed by atoms with van der Waals surface area (Å²) in [5, 5.41) is 2.71. The normalized spacial score (nSPS) is 10.3. The van der Waals surface area contributed by atoms with Crippen molar-refractivity contribution in [2.75, 3.05) is 13.7 Å². The van der Waals surface area contributed by atoms with E-state index in [1.807, 2.05) is 13.8 Å². The van der Waals surface area contributed by atoms with Gasteiger partial charge >= 0.3 is 5.97 Å². The predicted molar refractivity (Wildman–Crippen MR) is 69.9 cm³/mol. The van der Waals surface area contributed by atoms with E-state index in [1.54, 1.807) is 0 Å². The van der Waals surface area contributed by atoms with Crippen molar-refractivity contribution in [1.29, 1.82) is 0 Å². The van der Waals surface area contributed by atoms with E-state index in [-0.39, 0.29) is 23.6 Å². The second-order valence-electron chi connectivity index (χ2n) is 4.57. The van der Waals surface area contributed by atoms with Crippen LogP contribution in [0.5, 0.6) is 0 Å². The molecule has 6 heteroatoms. The lowest BCUT2D eigenvalue weighted by molar-refractivity contribution is -0.121. The summed E-state index contributed by atoms with van der Waals surface area (Å²) in [6.45, 7) is 4.38. The monoisotopic (exact) mass is 266 g/mol. The van der Waals surface area contributed by atoms with E-state index in [2.05, 4.69) is 10.1 Å². The highest BCUT2D eigenvalue weighted by atomic mass is 16.5. The molecule has 6 nitrogen and oxygen atoms in total. The van der Waals surface area contributed by atoms with Gasteiger partial charge in [-0.1, -0.05) is 13.8 Å². The van der Waals surface area contributed by atoms with Crippen LogP contribution in [-0.2, 0) is 16.1 Å². The zero-order valence-electron chi connectivity index (χ0n) is 11.3. The Morgan fingerprint density at radius 1 is 1.37 bits per heavy atom. The van der Waals surface area contributed by atoms with Crippen molar-refractivity contribution in [2.45, 2.75) is 20.4 Å². The molecule has 0 aliphatic heterocycles. The van der Waals surface area contributed by atoms with Gasteiger partial charge in [-0.2, -0.15) is 0 Å². The van der Waals surface area contributed by atoms with Crippen molar-refractivity contribution < 1.29 is 14.3 Å². The van der Waals surface area contributed by atoms with Crippen LogP contribution in [0.1, 0.15) is 24.2 Å². The van der Waals surface area contributed by atoms with E-state index in [0.717, 1.165) is 0 Å². The van der Waals surface area contributed by atoms with Crippen LogP contribution in [0.2, 0.25) is 0 Å². The number of carbonyl (C=O) groups is 2. The SMILES string of the molecule is COC(=O)c1ccc(=O)n(CC(=O)NCC(C)C)c1. The average molecular weight is 266 g/mol. The Morgan fingerprint density at radius 2 is 2.05 bits per heavy atom. The summed E-state index contributed by atoms with van der Waals surface area (Å²) < 4.78 is 5.74. The largest absolute Gasteiger partial charge is 0.465 e. The third-order valence-corrected chi connectivity index (χ3v) is 2.43. The number of rotatable bonds is 5. The summed E-state index contributed by atoms with van der Waals surface area (Å²) >= 11 is 0. The molecule has 1 aromatic rings. The van der Waals surface area contributed by atoms with Crippen LogP contribution in [0.4, 0.5) is 0 Å². The molecule has 1 amide bonds. The Balaban J connectivity index is 2.80. The van der Waals surface area contributed by atoms with Gasteiger partial charge in [0.1, 0.15) is 6.54 Å². The molecule has 0 aliphatic carbocycles. The number of methoxy groups -OCH3 is 1. The molecular formula is C13H18N2O4. The number of hydrogen-bond donors (Lipinski definition) is 1. The van der Waals surface area contributed by atoms with Crippen molar-refractivity contribution in [3.05, 3.63) is 34.2 Å². The first kappa shape index (κ1) is 14.9. The van der Waals surface area contributed by atoms with Crippen molar-refractivity contribution in [1.82, 2.24) is 9.88 Å². The number of hydrogen-bond acceptors (Lipinski definition) is 4. The van der Waals surface area contributed by atoms with Gasteiger partial charge in [-0.3, -0.25) is 9.59 Å². The van der Waals surface area contributed by atoms with Crippen molar-refractivity contribution in [3.63, 3.8) is 0 Å². The van der Waals surface area contributed by atoms with Crippen LogP contribution in [-0.4, -0.2) is 30.1 Å². The molecule has 0 saturated heterocycles. The molecule has 1 aromatic heterocycles. The molecule has 0 aliphatic rings. The molecule has 104 valence electrons. The number of amides is 1. The van der Waals surface area contributed by atoms with Crippen LogP contribution in [0, 0.1) is 5.92 Å². The number of ether oxygens (including phenoxy) is 1. The number of esters is 1. The lowest BCUT2D eigenvalue weighted by Crippen LogP contribution is -2.34. The van der Waals surface area contributed by atoms with Gasteiger partial charge in [0.15, 0.2) is 0 Å². The van der Waals surface area contributed by atoms with Crippen molar-refractivity contribution in [3.8, 4) is 0 Å². The molecule has 0 radical (unpaired) electrons. The van der Waals surface area contributed by atoms with Crippen LogP contribution in [0.25, 0.3) is 0 Å². The first-order valence-corrected chi connectivity index (χ1v) is 5.99. The van der Waals surface area contributed by atoms with Gasteiger partial charge in [-0.05, 0) is 12.0 Å². The Bertz CT molecular complexity index is 520. The summed E-state index contributed by atoms with van der Waals surface area (Å²) in [6.07, 6.45) is 1.32. The molecule has 0 saturated carbocycles. The Morgan fingerprint density at radius 3 is 2.63 bits per heavy atom. The lowest BCUT2D eigenvalue weighted by Gasteiger charge is -2.09. The molecule has 19 heavy (non-hydrogen) atoms. The summed E-state index contributed by atoms with van der Waals surface area (Å²) in [5.41, 5.74) is -0.105. The van der Waals surface area contributed by atoms with Crippen molar-refractivity contribution in [2.24, 2.45) is 5.92 Å². The topological polar surface area (TPSA) is 77.4 Å². The van der Waals surface area contributed by atoms with Crippen LogP contribution in [0.3, 0.4) is 0 Å². The third-order valence-electron chi connectivity index (χ3n) is 2.43. The maximum absolute atomic E-state index is 11.6. The fraction of sp³-hybridized carbons (Fsp3) is 0.462. The van der Waals surface area contributed by atoms with Gasteiger partial charge in [0, 0.05) is 18.8 Å². The Labute approximate surface area is 111 Å².